The average molecular weight is 453 g/mol. The van der Waals surface area contributed by atoms with Crippen molar-refractivity contribution in [1.29, 1.82) is 0 Å². The zero-order chi connectivity index (χ0) is 23.8. The number of hydrogen-bond donors (Lipinski definition) is 1. The second-order valence-electron chi connectivity index (χ2n) is 7.62. The van der Waals surface area contributed by atoms with Crippen LogP contribution in [-0.2, 0) is 11.1 Å². The number of rotatable bonds is 5. The highest BCUT2D eigenvalue weighted by molar-refractivity contribution is 5.56. The van der Waals surface area contributed by atoms with E-state index in [4.69, 9.17) is 0 Å². The maximum atomic E-state index is 13.2. The molecule has 2 nitrogen and oxygen atoms in total. The zero-order valence-corrected chi connectivity index (χ0v) is 17.2. The lowest BCUT2D eigenvalue weighted by atomic mass is 9.82. The highest BCUT2D eigenvalue weighted by atomic mass is 19.4. The number of hydrogen-bond acceptors (Lipinski definition) is 2. The van der Waals surface area contributed by atoms with E-state index < -0.39 is 29.1 Å². The number of aliphatic hydroxyl groups is 1. The van der Waals surface area contributed by atoms with E-state index in [1.165, 1.54) is 0 Å². The number of nitrogens with zero attached hydrogens (tertiary/aromatic N) is 1. The van der Waals surface area contributed by atoms with Crippen molar-refractivity contribution in [1.82, 2.24) is 0 Å². The number of anilines is 1. The highest BCUT2D eigenvalue weighted by Gasteiger charge is 2.71. The minimum atomic E-state index is -5.93. The monoisotopic (exact) mass is 453 g/mol. The molecule has 0 saturated heterocycles. The van der Waals surface area contributed by atoms with Gasteiger partial charge in [-0.15, -0.1) is 0 Å². The second kappa shape index (κ2) is 8.16. The fraction of sp³-hybridized carbons (Fsp3) is 0.250. The third-order valence-corrected chi connectivity index (χ3v) is 5.84. The normalized spacial score (nSPS) is 13.2. The fourth-order valence-electron chi connectivity index (χ4n) is 3.75. The molecule has 170 valence electrons. The van der Waals surface area contributed by atoms with Crippen molar-refractivity contribution in [3.63, 3.8) is 0 Å². The lowest BCUT2D eigenvalue weighted by Gasteiger charge is -2.42. The van der Waals surface area contributed by atoms with Crippen LogP contribution in [0.1, 0.15) is 23.6 Å². The standard InChI is InChI=1S/C24H21F6NO/c1-21(17-9-5-3-6-10-17,18-11-7-4-8-12-18)31(2)20-15-13-19(14-16-20)22(32,23(25,26)27)24(28,29)30/h3-16,32H,1-2H3. The van der Waals surface area contributed by atoms with Gasteiger partial charge in [0, 0.05) is 18.3 Å². The Morgan fingerprint density at radius 2 is 0.969 bits per heavy atom. The minimum Gasteiger partial charge on any atom is -0.369 e. The first-order chi connectivity index (χ1) is 14.8. The van der Waals surface area contributed by atoms with E-state index >= 15 is 0 Å². The van der Waals surface area contributed by atoms with Crippen molar-refractivity contribution in [2.24, 2.45) is 0 Å². The summed E-state index contributed by atoms with van der Waals surface area (Å²) in [6.45, 7) is 1.91. The summed E-state index contributed by atoms with van der Waals surface area (Å²) in [5.74, 6) is 0. The molecule has 0 aliphatic rings. The summed E-state index contributed by atoms with van der Waals surface area (Å²) in [6, 6.07) is 22.2. The van der Waals surface area contributed by atoms with E-state index in [2.05, 4.69) is 0 Å². The molecule has 0 fully saturated rings. The molecule has 3 aromatic rings. The van der Waals surface area contributed by atoms with Crippen LogP contribution in [-0.4, -0.2) is 24.5 Å². The van der Waals surface area contributed by atoms with E-state index in [-0.39, 0.29) is 0 Å². The topological polar surface area (TPSA) is 23.5 Å². The number of benzene rings is 3. The number of halogens is 6. The molecule has 0 amide bonds. The first-order valence-electron chi connectivity index (χ1n) is 9.64. The Morgan fingerprint density at radius 1 is 0.594 bits per heavy atom. The third-order valence-electron chi connectivity index (χ3n) is 5.84. The molecular weight excluding hydrogens is 432 g/mol. The smallest absolute Gasteiger partial charge is 0.369 e. The van der Waals surface area contributed by atoms with Crippen LogP contribution < -0.4 is 4.90 Å². The summed E-state index contributed by atoms with van der Waals surface area (Å²) in [4.78, 5) is 1.77. The van der Waals surface area contributed by atoms with Crippen LogP contribution >= 0.6 is 0 Å². The van der Waals surface area contributed by atoms with Crippen molar-refractivity contribution in [2.75, 3.05) is 11.9 Å². The van der Waals surface area contributed by atoms with Gasteiger partial charge in [0.25, 0.3) is 5.60 Å². The predicted molar refractivity (Wildman–Crippen MR) is 110 cm³/mol. The van der Waals surface area contributed by atoms with Crippen LogP contribution in [0.2, 0.25) is 0 Å². The first kappa shape index (κ1) is 23.7. The molecule has 3 rings (SSSR count). The molecule has 32 heavy (non-hydrogen) atoms. The van der Waals surface area contributed by atoms with Gasteiger partial charge in [0.1, 0.15) is 0 Å². The Hall–Kier alpha value is -3.00. The summed E-state index contributed by atoms with van der Waals surface area (Å²) in [5.41, 5.74) is -4.92. The highest BCUT2D eigenvalue weighted by Crippen LogP contribution is 2.50. The largest absolute Gasteiger partial charge is 0.430 e. The SMILES string of the molecule is CN(c1ccc(C(O)(C(F)(F)F)C(F)(F)F)cc1)C(C)(c1ccccc1)c1ccccc1. The van der Waals surface area contributed by atoms with E-state index in [1.54, 1.807) is 11.9 Å². The molecule has 0 aliphatic carbocycles. The molecule has 3 aromatic carbocycles. The van der Waals surface area contributed by atoms with Gasteiger partial charge in [-0.25, -0.2) is 0 Å². The molecule has 0 radical (unpaired) electrons. The Kier molecular flexibility index (Phi) is 6.04. The summed E-state index contributed by atoms with van der Waals surface area (Å²) in [7, 11) is 1.70. The van der Waals surface area contributed by atoms with Gasteiger partial charge in [0.05, 0.1) is 5.54 Å². The Morgan fingerprint density at radius 3 is 1.31 bits per heavy atom. The van der Waals surface area contributed by atoms with Gasteiger partial charge in [-0.1, -0.05) is 72.8 Å². The van der Waals surface area contributed by atoms with Gasteiger partial charge in [0.2, 0.25) is 0 Å². The lowest BCUT2D eigenvalue weighted by Crippen LogP contribution is -2.53. The molecule has 0 aliphatic heterocycles. The van der Waals surface area contributed by atoms with Crippen molar-refractivity contribution >= 4 is 5.69 Å². The predicted octanol–water partition coefficient (Wildman–Crippen LogP) is 6.40. The Labute approximate surface area is 181 Å². The van der Waals surface area contributed by atoms with Crippen molar-refractivity contribution < 1.29 is 31.4 Å². The van der Waals surface area contributed by atoms with Crippen LogP contribution in [0, 0.1) is 0 Å². The molecule has 0 unspecified atom stereocenters. The maximum Gasteiger partial charge on any atom is 0.430 e. The Bertz CT molecular complexity index is 977. The first-order valence-corrected chi connectivity index (χ1v) is 9.64. The second-order valence-corrected chi connectivity index (χ2v) is 7.62. The Balaban J connectivity index is 2.09. The molecule has 0 aromatic heterocycles. The summed E-state index contributed by atoms with van der Waals surface area (Å²) in [6.07, 6.45) is -11.9. The van der Waals surface area contributed by atoms with E-state index in [0.29, 0.717) is 17.8 Å². The molecular formula is C24H21F6NO. The van der Waals surface area contributed by atoms with Crippen molar-refractivity contribution in [2.45, 2.75) is 30.4 Å². The summed E-state index contributed by atoms with van der Waals surface area (Å²) in [5, 5.41) is 9.64. The molecule has 0 atom stereocenters. The van der Waals surface area contributed by atoms with Gasteiger partial charge in [-0.05, 0) is 30.2 Å². The molecule has 8 heteroatoms. The van der Waals surface area contributed by atoms with Crippen molar-refractivity contribution in [3.8, 4) is 0 Å². The van der Waals surface area contributed by atoms with E-state index in [9.17, 15) is 31.4 Å². The maximum absolute atomic E-state index is 13.2. The van der Waals surface area contributed by atoms with Crippen LogP contribution in [0.15, 0.2) is 84.9 Å². The lowest BCUT2D eigenvalue weighted by molar-refractivity contribution is -0.376. The molecule has 0 bridgehead atoms. The molecule has 0 spiro atoms. The van der Waals surface area contributed by atoms with Gasteiger partial charge in [-0.3, -0.25) is 0 Å². The van der Waals surface area contributed by atoms with Crippen LogP contribution in [0.5, 0.6) is 0 Å². The molecule has 0 heterocycles. The molecule has 1 N–H and O–H groups in total. The quantitative estimate of drug-likeness (QED) is 0.452. The van der Waals surface area contributed by atoms with Gasteiger partial charge < -0.3 is 10.0 Å². The van der Waals surface area contributed by atoms with Gasteiger partial charge in [0.15, 0.2) is 0 Å². The summed E-state index contributed by atoms with van der Waals surface area (Å²) >= 11 is 0. The third kappa shape index (κ3) is 3.83. The van der Waals surface area contributed by atoms with Crippen LogP contribution in [0.3, 0.4) is 0 Å². The van der Waals surface area contributed by atoms with E-state index in [1.807, 2.05) is 67.6 Å². The van der Waals surface area contributed by atoms with Crippen LogP contribution in [0.25, 0.3) is 0 Å². The molecule has 0 saturated carbocycles. The van der Waals surface area contributed by atoms with Gasteiger partial charge >= 0.3 is 12.4 Å². The summed E-state index contributed by atoms with van der Waals surface area (Å²) < 4.78 is 79.2. The van der Waals surface area contributed by atoms with Crippen molar-refractivity contribution in [3.05, 3.63) is 102 Å². The van der Waals surface area contributed by atoms with E-state index in [0.717, 1.165) is 23.3 Å². The average Bonchev–Trinajstić information content (AvgIpc) is 2.77. The fourth-order valence-corrected chi connectivity index (χ4v) is 3.75. The minimum absolute atomic E-state index is 0.371. The van der Waals surface area contributed by atoms with Gasteiger partial charge in [-0.2, -0.15) is 26.3 Å². The zero-order valence-electron chi connectivity index (χ0n) is 17.2. The van der Waals surface area contributed by atoms with Crippen LogP contribution in [0.4, 0.5) is 32.0 Å². The number of alkyl halides is 6.